The van der Waals surface area contributed by atoms with Gasteiger partial charge in [0.05, 0.1) is 6.42 Å². The SMILES string of the molecule is C=C/C=C\C=C(/C)CC(=O)Nc1nnc(OC2CCN(c3nnc(NC(=O)CC4=CCCC=C4)s3)CC2)s1. The van der Waals surface area contributed by atoms with Crippen LogP contribution in [0.1, 0.15) is 45.4 Å². The number of anilines is 3. The highest BCUT2D eigenvalue weighted by Crippen LogP contribution is 2.30. The molecule has 0 saturated carbocycles. The molecule has 2 aromatic heterocycles. The van der Waals surface area contributed by atoms with Gasteiger partial charge >= 0.3 is 0 Å². The lowest BCUT2D eigenvalue weighted by atomic mass is 10.0. The first kappa shape index (κ1) is 27.4. The number of hydrogen-bond acceptors (Lipinski definition) is 10. The highest BCUT2D eigenvalue weighted by atomic mass is 32.1. The number of carbonyl (C=O) groups is 2. The second kappa shape index (κ2) is 13.8. The summed E-state index contributed by atoms with van der Waals surface area (Å²) in [6.45, 7) is 7.00. The van der Waals surface area contributed by atoms with Gasteiger partial charge in [-0.25, -0.2) is 0 Å². The molecule has 2 aliphatic rings. The molecule has 200 valence electrons. The third kappa shape index (κ3) is 8.45. The van der Waals surface area contributed by atoms with Crippen molar-refractivity contribution in [3.8, 4) is 5.19 Å². The van der Waals surface area contributed by atoms with Crippen LogP contribution in [-0.4, -0.2) is 51.4 Å². The summed E-state index contributed by atoms with van der Waals surface area (Å²) in [7, 11) is 0. The Morgan fingerprint density at radius 2 is 1.84 bits per heavy atom. The van der Waals surface area contributed by atoms with Crippen LogP contribution in [0, 0.1) is 0 Å². The largest absolute Gasteiger partial charge is 0.465 e. The Morgan fingerprint density at radius 3 is 2.61 bits per heavy atom. The summed E-state index contributed by atoms with van der Waals surface area (Å²) < 4.78 is 6.01. The lowest BCUT2D eigenvalue weighted by Crippen LogP contribution is -2.38. The van der Waals surface area contributed by atoms with E-state index >= 15 is 0 Å². The fraction of sp³-hybridized carbons (Fsp3) is 0.385. The van der Waals surface area contributed by atoms with Gasteiger partial charge in [0, 0.05) is 32.4 Å². The molecule has 0 spiro atoms. The van der Waals surface area contributed by atoms with E-state index in [0.717, 1.165) is 55.1 Å². The van der Waals surface area contributed by atoms with Crippen molar-refractivity contribution in [2.75, 3.05) is 28.6 Å². The zero-order chi connectivity index (χ0) is 26.7. The normalized spacial score (nSPS) is 16.4. The van der Waals surface area contributed by atoms with Crippen molar-refractivity contribution in [1.29, 1.82) is 0 Å². The van der Waals surface area contributed by atoms with Gasteiger partial charge in [0.15, 0.2) is 0 Å². The van der Waals surface area contributed by atoms with Crippen LogP contribution in [0.2, 0.25) is 0 Å². The molecule has 1 fully saturated rings. The van der Waals surface area contributed by atoms with Gasteiger partial charge in [0.2, 0.25) is 27.2 Å². The third-order valence-electron chi connectivity index (χ3n) is 5.80. The number of rotatable bonds is 11. The summed E-state index contributed by atoms with van der Waals surface area (Å²) in [5, 5.41) is 24.2. The van der Waals surface area contributed by atoms with Crippen LogP contribution in [0.4, 0.5) is 15.4 Å². The lowest BCUT2D eigenvalue weighted by Gasteiger charge is -2.30. The van der Waals surface area contributed by atoms with Crippen LogP contribution in [0.5, 0.6) is 5.19 Å². The minimum absolute atomic E-state index is 0.00602. The van der Waals surface area contributed by atoms with E-state index in [4.69, 9.17) is 4.74 Å². The molecule has 1 aliphatic carbocycles. The molecule has 0 unspecified atom stereocenters. The van der Waals surface area contributed by atoms with Gasteiger partial charge in [0.25, 0.3) is 5.19 Å². The monoisotopic (exact) mass is 553 g/mol. The maximum absolute atomic E-state index is 12.3. The van der Waals surface area contributed by atoms with E-state index in [0.29, 0.717) is 21.9 Å². The molecular formula is C26H31N7O3S2. The molecule has 2 N–H and O–H groups in total. The quantitative estimate of drug-likeness (QED) is 0.370. The second-order valence-electron chi connectivity index (χ2n) is 8.91. The first-order valence-corrected chi connectivity index (χ1v) is 14.1. The van der Waals surface area contributed by atoms with Crippen LogP contribution in [0.25, 0.3) is 0 Å². The standard InChI is InChI=1S/C26H31N7O3S2/c1-3-4-6-9-18(2)16-21(34)27-24-30-32-26(38-24)36-20-12-14-33(15-13-20)25-31-29-23(37-25)28-22(35)17-19-10-7-5-8-11-19/h3-4,6-7,9-11,20H,1,5,8,12-17H2,2H3,(H,27,30,34)(H,28,29,35)/b6-4-,18-9+. The van der Waals surface area contributed by atoms with E-state index in [-0.39, 0.29) is 24.3 Å². The number of amides is 2. The average molecular weight is 554 g/mol. The van der Waals surface area contributed by atoms with Crippen molar-refractivity contribution in [1.82, 2.24) is 20.4 Å². The molecule has 10 nitrogen and oxygen atoms in total. The van der Waals surface area contributed by atoms with Gasteiger partial charge in [-0.2, -0.15) is 0 Å². The average Bonchev–Trinajstić information content (AvgIpc) is 3.54. The van der Waals surface area contributed by atoms with Crippen molar-refractivity contribution >= 4 is 49.9 Å². The van der Waals surface area contributed by atoms with E-state index in [2.05, 4.69) is 54.7 Å². The predicted octanol–water partition coefficient (Wildman–Crippen LogP) is 5.06. The van der Waals surface area contributed by atoms with E-state index in [1.165, 1.54) is 22.7 Å². The molecule has 12 heteroatoms. The lowest BCUT2D eigenvalue weighted by molar-refractivity contribution is -0.116. The van der Waals surface area contributed by atoms with Crippen molar-refractivity contribution in [2.24, 2.45) is 0 Å². The van der Waals surface area contributed by atoms with Crippen LogP contribution in [0.3, 0.4) is 0 Å². The number of allylic oxidation sites excluding steroid dienone is 7. The predicted molar refractivity (Wildman–Crippen MR) is 152 cm³/mol. The Morgan fingerprint density at radius 1 is 1.08 bits per heavy atom. The minimum atomic E-state index is -0.155. The van der Waals surface area contributed by atoms with Crippen LogP contribution >= 0.6 is 22.7 Å². The Bertz CT molecular complexity index is 1250. The molecule has 3 heterocycles. The third-order valence-corrected chi connectivity index (χ3v) is 7.43. The zero-order valence-corrected chi connectivity index (χ0v) is 22.9. The Kier molecular flexibility index (Phi) is 9.93. The molecule has 4 rings (SSSR count). The molecular weight excluding hydrogens is 522 g/mol. The summed E-state index contributed by atoms with van der Waals surface area (Å²) in [6, 6.07) is 0. The van der Waals surface area contributed by atoms with Crippen molar-refractivity contribution in [2.45, 2.75) is 51.6 Å². The first-order valence-electron chi connectivity index (χ1n) is 12.5. The van der Waals surface area contributed by atoms with E-state index in [1.54, 1.807) is 12.2 Å². The zero-order valence-electron chi connectivity index (χ0n) is 21.3. The number of nitrogens with one attached hydrogen (secondary N) is 2. The second-order valence-corrected chi connectivity index (χ2v) is 10.8. The molecule has 0 radical (unpaired) electrons. The molecule has 1 saturated heterocycles. The molecule has 2 aromatic rings. The maximum Gasteiger partial charge on any atom is 0.296 e. The summed E-state index contributed by atoms with van der Waals surface area (Å²) in [6.07, 6.45) is 17.6. The van der Waals surface area contributed by atoms with Gasteiger partial charge in [-0.15, -0.1) is 15.3 Å². The fourth-order valence-corrected chi connectivity index (χ4v) is 5.42. The number of hydrogen-bond donors (Lipinski definition) is 2. The minimum Gasteiger partial charge on any atom is -0.465 e. The Hall–Kier alpha value is -3.64. The summed E-state index contributed by atoms with van der Waals surface area (Å²) in [4.78, 5) is 26.7. The number of ether oxygens (including phenoxy) is 1. The van der Waals surface area contributed by atoms with E-state index in [1.807, 2.05) is 25.2 Å². The number of nitrogens with zero attached hydrogens (tertiary/aromatic N) is 5. The smallest absolute Gasteiger partial charge is 0.296 e. The Balaban J connectivity index is 1.19. The number of carbonyl (C=O) groups excluding carboxylic acids is 2. The first-order chi connectivity index (χ1) is 18.5. The van der Waals surface area contributed by atoms with Gasteiger partial charge in [-0.3, -0.25) is 9.59 Å². The van der Waals surface area contributed by atoms with Gasteiger partial charge in [-0.05, 0) is 36.7 Å². The number of piperidine rings is 1. The molecule has 0 atom stereocenters. The maximum atomic E-state index is 12.3. The van der Waals surface area contributed by atoms with Crippen LogP contribution in [-0.2, 0) is 9.59 Å². The van der Waals surface area contributed by atoms with Gasteiger partial charge < -0.3 is 20.3 Å². The molecule has 1 aliphatic heterocycles. The topological polar surface area (TPSA) is 122 Å². The summed E-state index contributed by atoms with van der Waals surface area (Å²) in [5.41, 5.74) is 1.96. The summed E-state index contributed by atoms with van der Waals surface area (Å²) >= 11 is 2.59. The highest BCUT2D eigenvalue weighted by molar-refractivity contribution is 7.19. The Labute approximate surface area is 229 Å². The van der Waals surface area contributed by atoms with Crippen molar-refractivity contribution < 1.29 is 14.3 Å². The molecule has 0 aromatic carbocycles. The van der Waals surface area contributed by atoms with Crippen molar-refractivity contribution in [3.05, 3.63) is 60.3 Å². The molecule has 2 amide bonds. The van der Waals surface area contributed by atoms with Gasteiger partial charge in [-0.1, -0.05) is 71.1 Å². The molecule has 0 bridgehead atoms. The van der Waals surface area contributed by atoms with Gasteiger partial charge in [0.1, 0.15) is 6.10 Å². The van der Waals surface area contributed by atoms with E-state index < -0.39 is 0 Å². The fourth-order valence-electron chi connectivity index (χ4n) is 3.93. The van der Waals surface area contributed by atoms with Crippen LogP contribution in [0.15, 0.2) is 60.3 Å². The van der Waals surface area contributed by atoms with E-state index in [9.17, 15) is 9.59 Å². The summed E-state index contributed by atoms with van der Waals surface area (Å²) in [5.74, 6) is -0.241. The van der Waals surface area contributed by atoms with Crippen LogP contribution < -0.4 is 20.3 Å². The molecule has 38 heavy (non-hydrogen) atoms. The highest BCUT2D eigenvalue weighted by Gasteiger charge is 2.24. The van der Waals surface area contributed by atoms with Crippen molar-refractivity contribution in [3.63, 3.8) is 0 Å². The number of aromatic nitrogens is 4.